The van der Waals surface area contributed by atoms with Gasteiger partial charge in [-0.1, -0.05) is 30.3 Å². The molecular formula is C17H16N4O2. The van der Waals surface area contributed by atoms with Gasteiger partial charge < -0.3 is 4.74 Å². The molecule has 0 bridgehead atoms. The first-order valence-electron chi connectivity index (χ1n) is 7.38. The van der Waals surface area contributed by atoms with Gasteiger partial charge in [0.05, 0.1) is 5.69 Å². The molecule has 1 aromatic heterocycles. The Labute approximate surface area is 133 Å². The van der Waals surface area contributed by atoms with Gasteiger partial charge in [0.25, 0.3) is 5.91 Å². The molecule has 0 saturated heterocycles. The number of hydrogen-bond acceptors (Lipinski definition) is 5. The fraction of sp³-hybridized carbons (Fsp3) is 0.235. The van der Waals surface area contributed by atoms with Gasteiger partial charge in [-0.05, 0) is 30.4 Å². The van der Waals surface area contributed by atoms with Crippen molar-refractivity contribution in [1.29, 1.82) is 5.26 Å². The van der Waals surface area contributed by atoms with Crippen molar-refractivity contribution in [2.75, 3.05) is 6.61 Å². The van der Waals surface area contributed by atoms with Crippen LogP contribution in [-0.2, 0) is 17.6 Å². The second-order valence-corrected chi connectivity index (χ2v) is 5.29. The first-order chi connectivity index (χ1) is 11.2. The zero-order chi connectivity index (χ0) is 16.2. The summed E-state index contributed by atoms with van der Waals surface area (Å²) in [5, 5.41) is 9.47. The number of nitriles is 1. The van der Waals surface area contributed by atoms with E-state index in [1.54, 1.807) is 0 Å². The number of amides is 1. The van der Waals surface area contributed by atoms with Gasteiger partial charge in [-0.15, -0.1) is 0 Å². The van der Waals surface area contributed by atoms with Crippen molar-refractivity contribution in [2.24, 2.45) is 5.84 Å². The Balaban J connectivity index is 2.09. The molecule has 3 rings (SSSR count). The third-order valence-corrected chi connectivity index (χ3v) is 3.89. The van der Waals surface area contributed by atoms with Crippen molar-refractivity contribution in [2.45, 2.75) is 19.3 Å². The van der Waals surface area contributed by atoms with E-state index in [0.29, 0.717) is 5.56 Å². The minimum absolute atomic E-state index is 0.190. The van der Waals surface area contributed by atoms with E-state index in [9.17, 15) is 10.1 Å². The highest BCUT2D eigenvalue weighted by Crippen LogP contribution is 2.36. The summed E-state index contributed by atoms with van der Waals surface area (Å²) in [7, 11) is 0. The highest BCUT2D eigenvalue weighted by molar-refractivity contribution is 5.77. The number of ether oxygens (including phenoxy) is 1. The van der Waals surface area contributed by atoms with Crippen molar-refractivity contribution < 1.29 is 9.53 Å². The molecule has 1 aliphatic carbocycles. The Morgan fingerprint density at radius 2 is 2.04 bits per heavy atom. The number of aromatic nitrogens is 1. The summed E-state index contributed by atoms with van der Waals surface area (Å²) in [6.45, 7) is -0.273. The Kier molecular flexibility index (Phi) is 4.22. The van der Waals surface area contributed by atoms with Crippen LogP contribution in [0.3, 0.4) is 0 Å². The highest BCUT2D eigenvalue weighted by atomic mass is 16.5. The average Bonchev–Trinajstić information content (AvgIpc) is 3.08. The molecule has 0 radical (unpaired) electrons. The van der Waals surface area contributed by atoms with E-state index in [0.717, 1.165) is 41.6 Å². The number of carbonyl (C=O) groups is 1. The summed E-state index contributed by atoms with van der Waals surface area (Å²) >= 11 is 0. The monoisotopic (exact) mass is 308 g/mol. The fourth-order valence-electron chi connectivity index (χ4n) is 2.87. The molecular weight excluding hydrogens is 292 g/mol. The minimum atomic E-state index is -0.475. The van der Waals surface area contributed by atoms with Gasteiger partial charge in [0.2, 0.25) is 5.88 Å². The van der Waals surface area contributed by atoms with Crippen LogP contribution in [0, 0.1) is 11.3 Å². The Bertz CT molecular complexity index is 781. The van der Waals surface area contributed by atoms with Crippen LogP contribution >= 0.6 is 0 Å². The number of hydrazine groups is 1. The number of pyridine rings is 1. The molecule has 116 valence electrons. The first-order valence-corrected chi connectivity index (χ1v) is 7.38. The van der Waals surface area contributed by atoms with Gasteiger partial charge in [0, 0.05) is 5.56 Å². The van der Waals surface area contributed by atoms with E-state index in [2.05, 4.69) is 11.1 Å². The molecule has 6 nitrogen and oxygen atoms in total. The second-order valence-electron chi connectivity index (χ2n) is 5.29. The van der Waals surface area contributed by atoms with Gasteiger partial charge in [0.15, 0.2) is 6.61 Å². The largest absolute Gasteiger partial charge is 0.467 e. The maximum atomic E-state index is 11.3. The molecule has 1 aromatic carbocycles. The summed E-state index contributed by atoms with van der Waals surface area (Å²) in [6.07, 6.45) is 2.70. The number of nitrogens with one attached hydrogen (secondary N) is 1. The Morgan fingerprint density at radius 1 is 1.30 bits per heavy atom. The fourth-order valence-corrected chi connectivity index (χ4v) is 2.87. The topological polar surface area (TPSA) is 101 Å². The molecule has 3 N–H and O–H groups in total. The van der Waals surface area contributed by atoms with Gasteiger partial charge in [-0.2, -0.15) is 5.26 Å². The zero-order valence-corrected chi connectivity index (χ0v) is 12.5. The molecule has 0 atom stereocenters. The molecule has 23 heavy (non-hydrogen) atoms. The van der Waals surface area contributed by atoms with Gasteiger partial charge in [-0.25, -0.2) is 10.8 Å². The van der Waals surface area contributed by atoms with Crippen LogP contribution in [0.5, 0.6) is 5.88 Å². The lowest BCUT2D eigenvalue weighted by atomic mass is 9.99. The molecule has 1 amide bonds. The van der Waals surface area contributed by atoms with Crippen molar-refractivity contribution in [3.05, 3.63) is 47.0 Å². The molecule has 0 saturated carbocycles. The molecule has 6 heteroatoms. The van der Waals surface area contributed by atoms with Gasteiger partial charge in [0.1, 0.15) is 11.6 Å². The predicted molar refractivity (Wildman–Crippen MR) is 84.2 cm³/mol. The molecule has 0 fully saturated rings. The number of benzene rings is 1. The highest BCUT2D eigenvalue weighted by Gasteiger charge is 2.25. The molecule has 2 aromatic rings. The predicted octanol–water partition coefficient (Wildman–Crippen LogP) is 1.48. The van der Waals surface area contributed by atoms with Crippen LogP contribution < -0.4 is 16.0 Å². The van der Waals surface area contributed by atoms with Gasteiger partial charge in [-0.3, -0.25) is 10.2 Å². The smallest absolute Gasteiger partial charge is 0.271 e. The standard InChI is InChI=1S/C17H16N4O2/c18-9-14-12-7-4-8-13(12)16(11-5-2-1-3-6-11)20-17(14)23-10-15(22)21-19/h1-3,5-6H,4,7-8,10,19H2,(H,21,22). The lowest BCUT2D eigenvalue weighted by Gasteiger charge is -2.14. The number of rotatable bonds is 4. The van der Waals surface area contributed by atoms with Crippen molar-refractivity contribution >= 4 is 5.91 Å². The maximum absolute atomic E-state index is 11.3. The van der Waals surface area contributed by atoms with Gasteiger partial charge >= 0.3 is 0 Å². The van der Waals surface area contributed by atoms with Crippen molar-refractivity contribution in [3.8, 4) is 23.2 Å². The van der Waals surface area contributed by atoms with Crippen LogP contribution in [-0.4, -0.2) is 17.5 Å². The van der Waals surface area contributed by atoms with E-state index in [4.69, 9.17) is 10.6 Å². The van der Waals surface area contributed by atoms with E-state index in [1.807, 2.05) is 35.8 Å². The average molecular weight is 308 g/mol. The van der Waals surface area contributed by atoms with Crippen molar-refractivity contribution in [1.82, 2.24) is 10.4 Å². The van der Waals surface area contributed by atoms with Crippen LogP contribution in [0.25, 0.3) is 11.3 Å². The molecule has 0 aliphatic heterocycles. The molecule has 0 spiro atoms. The lowest BCUT2D eigenvalue weighted by molar-refractivity contribution is -0.123. The van der Waals surface area contributed by atoms with Crippen LogP contribution in [0.4, 0.5) is 0 Å². The van der Waals surface area contributed by atoms with Crippen molar-refractivity contribution in [3.63, 3.8) is 0 Å². The minimum Gasteiger partial charge on any atom is -0.467 e. The quantitative estimate of drug-likeness (QED) is 0.506. The second kappa shape index (κ2) is 6.46. The van der Waals surface area contributed by atoms with E-state index in [1.165, 1.54) is 0 Å². The third-order valence-electron chi connectivity index (χ3n) is 3.89. The first kappa shape index (κ1) is 15.0. The number of nitrogens with zero attached hydrogens (tertiary/aromatic N) is 2. The zero-order valence-electron chi connectivity index (χ0n) is 12.5. The lowest BCUT2D eigenvalue weighted by Crippen LogP contribution is -2.34. The number of fused-ring (bicyclic) bond motifs is 1. The van der Waals surface area contributed by atoms with Crippen LogP contribution in [0.1, 0.15) is 23.1 Å². The summed E-state index contributed by atoms with van der Waals surface area (Å²) in [6, 6.07) is 11.9. The molecule has 1 heterocycles. The van der Waals surface area contributed by atoms with E-state index >= 15 is 0 Å². The maximum Gasteiger partial charge on any atom is 0.271 e. The van der Waals surface area contributed by atoms with E-state index < -0.39 is 5.91 Å². The summed E-state index contributed by atoms with van der Waals surface area (Å²) < 4.78 is 5.44. The van der Waals surface area contributed by atoms with Crippen LogP contribution in [0.2, 0.25) is 0 Å². The Morgan fingerprint density at radius 3 is 2.74 bits per heavy atom. The summed E-state index contributed by atoms with van der Waals surface area (Å²) in [5.74, 6) is 4.77. The number of nitrogens with two attached hydrogens (primary N) is 1. The molecule has 1 aliphatic rings. The summed E-state index contributed by atoms with van der Waals surface area (Å²) in [4.78, 5) is 15.8. The Hall–Kier alpha value is -2.91. The SMILES string of the molecule is N#Cc1c(OCC(=O)NN)nc(-c2ccccc2)c2c1CCC2. The van der Waals surface area contributed by atoms with E-state index in [-0.39, 0.29) is 12.5 Å². The number of carbonyl (C=O) groups excluding carboxylic acids is 1. The molecule has 0 unspecified atom stereocenters. The number of hydrogen-bond donors (Lipinski definition) is 2. The third kappa shape index (κ3) is 2.87. The normalized spacial score (nSPS) is 12.3. The summed E-state index contributed by atoms with van der Waals surface area (Å²) in [5.41, 5.74) is 6.29. The van der Waals surface area contributed by atoms with Crippen LogP contribution in [0.15, 0.2) is 30.3 Å².